The third-order valence-corrected chi connectivity index (χ3v) is 2.94. The standard InChI is InChI=1S/C14H9F3N2O4/c15-14(16,17)9-4-6-10(7-5-9)18(13(20)21)11-2-1-3-12(8-11)19(22)23/h1-8H,(H,20,21). The number of benzene rings is 2. The van der Waals surface area contributed by atoms with Crippen molar-refractivity contribution < 1.29 is 28.0 Å². The molecule has 0 unspecified atom stereocenters. The molecule has 0 aliphatic rings. The molecule has 6 nitrogen and oxygen atoms in total. The maximum absolute atomic E-state index is 12.5. The molecule has 0 aromatic heterocycles. The molecular formula is C14H9F3N2O4. The summed E-state index contributed by atoms with van der Waals surface area (Å²) in [5.74, 6) is 0. The van der Waals surface area contributed by atoms with Crippen molar-refractivity contribution in [1.82, 2.24) is 0 Å². The molecule has 0 bridgehead atoms. The van der Waals surface area contributed by atoms with Gasteiger partial charge in [-0.25, -0.2) is 9.69 Å². The first-order valence-electron chi connectivity index (χ1n) is 6.15. The minimum absolute atomic E-state index is 0.0496. The number of non-ortho nitro benzene ring substituents is 1. The van der Waals surface area contributed by atoms with Crippen molar-refractivity contribution >= 4 is 23.2 Å². The summed E-state index contributed by atoms with van der Waals surface area (Å²) in [7, 11) is 0. The molecule has 0 radical (unpaired) electrons. The summed E-state index contributed by atoms with van der Waals surface area (Å²) in [6.45, 7) is 0. The van der Waals surface area contributed by atoms with Gasteiger partial charge >= 0.3 is 12.3 Å². The Kier molecular flexibility index (Phi) is 4.21. The Labute approximate surface area is 127 Å². The highest BCUT2D eigenvalue weighted by Gasteiger charge is 2.30. The third-order valence-electron chi connectivity index (χ3n) is 2.94. The molecule has 0 aliphatic heterocycles. The Morgan fingerprint density at radius 1 is 1.09 bits per heavy atom. The molecule has 1 amide bonds. The number of anilines is 2. The molecule has 2 rings (SSSR count). The maximum atomic E-state index is 12.5. The van der Waals surface area contributed by atoms with Crippen molar-refractivity contribution in [1.29, 1.82) is 0 Å². The number of nitro benzene ring substituents is 1. The molecule has 2 aromatic carbocycles. The second kappa shape index (κ2) is 5.95. The number of amides is 1. The van der Waals surface area contributed by atoms with Gasteiger partial charge in [0.1, 0.15) is 0 Å². The van der Waals surface area contributed by atoms with Crippen LogP contribution in [0.25, 0.3) is 0 Å². The molecule has 0 saturated carbocycles. The number of hydrogen-bond acceptors (Lipinski definition) is 3. The van der Waals surface area contributed by atoms with Gasteiger partial charge in [-0.05, 0) is 30.3 Å². The Hall–Kier alpha value is -3.10. The lowest BCUT2D eigenvalue weighted by Crippen LogP contribution is -2.23. The van der Waals surface area contributed by atoms with Crippen LogP contribution in [0.3, 0.4) is 0 Å². The summed E-state index contributed by atoms with van der Waals surface area (Å²) in [6.07, 6.45) is -6.02. The fraction of sp³-hybridized carbons (Fsp3) is 0.0714. The number of rotatable bonds is 3. The first-order valence-corrected chi connectivity index (χ1v) is 6.15. The van der Waals surface area contributed by atoms with E-state index in [-0.39, 0.29) is 17.1 Å². The van der Waals surface area contributed by atoms with E-state index in [1.54, 1.807) is 0 Å². The van der Waals surface area contributed by atoms with E-state index in [9.17, 15) is 33.2 Å². The first kappa shape index (κ1) is 16.3. The van der Waals surface area contributed by atoms with E-state index in [4.69, 9.17) is 0 Å². The Morgan fingerprint density at radius 2 is 1.70 bits per heavy atom. The van der Waals surface area contributed by atoms with Gasteiger partial charge in [-0.1, -0.05) is 6.07 Å². The van der Waals surface area contributed by atoms with Crippen LogP contribution in [-0.4, -0.2) is 16.1 Å². The van der Waals surface area contributed by atoms with E-state index in [2.05, 4.69) is 0 Å². The zero-order valence-corrected chi connectivity index (χ0v) is 11.3. The molecule has 0 aliphatic carbocycles. The molecule has 0 atom stereocenters. The summed E-state index contributed by atoms with van der Waals surface area (Å²) in [5, 5.41) is 20.0. The second-order valence-electron chi connectivity index (χ2n) is 4.44. The Bertz CT molecular complexity index is 744. The SMILES string of the molecule is O=C(O)N(c1ccc(C(F)(F)F)cc1)c1cccc([N+](=O)[O-])c1. The number of hydrogen-bond donors (Lipinski definition) is 1. The second-order valence-corrected chi connectivity index (χ2v) is 4.44. The summed E-state index contributed by atoms with van der Waals surface area (Å²) in [5.41, 5.74) is -1.37. The van der Waals surface area contributed by atoms with Gasteiger partial charge < -0.3 is 5.11 Å². The van der Waals surface area contributed by atoms with E-state index >= 15 is 0 Å². The normalized spacial score (nSPS) is 11.1. The van der Waals surface area contributed by atoms with Crippen molar-refractivity contribution in [3.05, 3.63) is 64.2 Å². The largest absolute Gasteiger partial charge is 0.464 e. The average Bonchev–Trinajstić information content (AvgIpc) is 2.47. The van der Waals surface area contributed by atoms with Crippen LogP contribution in [0.15, 0.2) is 48.5 Å². The van der Waals surface area contributed by atoms with E-state index in [1.165, 1.54) is 18.2 Å². The maximum Gasteiger partial charge on any atom is 0.416 e. The van der Waals surface area contributed by atoms with Crippen molar-refractivity contribution in [2.24, 2.45) is 0 Å². The minimum atomic E-state index is -4.54. The molecule has 2 aromatic rings. The lowest BCUT2D eigenvalue weighted by atomic mass is 10.1. The van der Waals surface area contributed by atoms with Crippen LogP contribution in [0.5, 0.6) is 0 Å². The minimum Gasteiger partial charge on any atom is -0.464 e. The topological polar surface area (TPSA) is 83.7 Å². The van der Waals surface area contributed by atoms with E-state index in [1.807, 2.05) is 0 Å². The predicted octanol–water partition coefficient (Wildman–Crippen LogP) is 4.43. The van der Waals surface area contributed by atoms with E-state index in [0.29, 0.717) is 4.90 Å². The average molecular weight is 326 g/mol. The third kappa shape index (κ3) is 3.57. The summed E-state index contributed by atoms with van der Waals surface area (Å²) < 4.78 is 37.6. The number of nitro groups is 1. The number of halogens is 3. The summed E-state index contributed by atoms with van der Waals surface area (Å²) in [6, 6.07) is 8.23. The molecule has 0 spiro atoms. The lowest BCUT2D eigenvalue weighted by Gasteiger charge is -2.19. The summed E-state index contributed by atoms with van der Waals surface area (Å²) >= 11 is 0. The van der Waals surface area contributed by atoms with Gasteiger partial charge in [0.25, 0.3) is 5.69 Å². The van der Waals surface area contributed by atoms with Crippen LogP contribution in [0.4, 0.5) is 35.0 Å². The number of nitrogens with zero attached hydrogens (tertiary/aromatic N) is 2. The van der Waals surface area contributed by atoms with Gasteiger partial charge in [-0.15, -0.1) is 0 Å². The summed E-state index contributed by atoms with van der Waals surface area (Å²) in [4.78, 5) is 22.1. The first-order chi connectivity index (χ1) is 10.7. The molecule has 0 saturated heterocycles. The molecule has 9 heteroatoms. The monoisotopic (exact) mass is 326 g/mol. The number of carboxylic acid groups (broad SMARTS) is 1. The fourth-order valence-electron chi connectivity index (χ4n) is 1.92. The van der Waals surface area contributed by atoms with Gasteiger partial charge in [0.2, 0.25) is 0 Å². The molecule has 120 valence electrons. The zero-order valence-electron chi connectivity index (χ0n) is 11.3. The smallest absolute Gasteiger partial charge is 0.416 e. The highest BCUT2D eigenvalue weighted by atomic mass is 19.4. The van der Waals surface area contributed by atoms with Crippen LogP contribution in [-0.2, 0) is 6.18 Å². The lowest BCUT2D eigenvalue weighted by molar-refractivity contribution is -0.384. The van der Waals surface area contributed by atoms with Crippen LogP contribution in [0, 0.1) is 10.1 Å². The van der Waals surface area contributed by atoms with Crippen LogP contribution in [0.1, 0.15) is 5.56 Å². The van der Waals surface area contributed by atoms with Gasteiger partial charge in [-0.3, -0.25) is 10.1 Å². The molecule has 1 N–H and O–H groups in total. The van der Waals surface area contributed by atoms with E-state index in [0.717, 1.165) is 30.3 Å². The van der Waals surface area contributed by atoms with Crippen molar-refractivity contribution in [2.45, 2.75) is 6.18 Å². The Balaban J connectivity index is 2.45. The van der Waals surface area contributed by atoms with Crippen LogP contribution >= 0.6 is 0 Å². The van der Waals surface area contributed by atoms with Crippen molar-refractivity contribution in [2.75, 3.05) is 4.90 Å². The van der Waals surface area contributed by atoms with Gasteiger partial charge in [0.05, 0.1) is 21.9 Å². The molecule has 0 fully saturated rings. The predicted molar refractivity (Wildman–Crippen MR) is 74.7 cm³/mol. The highest BCUT2D eigenvalue weighted by molar-refractivity contribution is 5.95. The van der Waals surface area contributed by atoms with E-state index < -0.39 is 22.8 Å². The zero-order chi connectivity index (χ0) is 17.2. The van der Waals surface area contributed by atoms with Gasteiger partial charge in [0, 0.05) is 12.1 Å². The van der Waals surface area contributed by atoms with Crippen molar-refractivity contribution in [3.63, 3.8) is 0 Å². The van der Waals surface area contributed by atoms with Gasteiger partial charge in [-0.2, -0.15) is 13.2 Å². The molecular weight excluding hydrogens is 317 g/mol. The van der Waals surface area contributed by atoms with Crippen molar-refractivity contribution in [3.8, 4) is 0 Å². The molecule has 0 heterocycles. The van der Waals surface area contributed by atoms with Gasteiger partial charge in [0.15, 0.2) is 0 Å². The quantitative estimate of drug-likeness (QED) is 0.668. The van der Waals surface area contributed by atoms with Crippen LogP contribution < -0.4 is 4.90 Å². The molecule has 23 heavy (non-hydrogen) atoms. The number of alkyl halides is 3. The van der Waals surface area contributed by atoms with Crippen LogP contribution in [0.2, 0.25) is 0 Å². The highest BCUT2D eigenvalue weighted by Crippen LogP contribution is 2.33. The fourth-order valence-corrected chi connectivity index (χ4v) is 1.92. The number of carbonyl (C=O) groups is 1. The Morgan fingerprint density at radius 3 is 2.17 bits per heavy atom.